The fraction of sp³-hybridized carbons (Fsp3) is 0.188. The largest absolute Gasteiger partial charge is 0.489 e. The Morgan fingerprint density at radius 1 is 1.19 bits per heavy atom. The number of carbonyl (C=O) groups excluding carboxylic acids is 1. The van der Waals surface area contributed by atoms with Crippen LogP contribution in [-0.4, -0.2) is 19.6 Å². The fourth-order valence-corrected chi connectivity index (χ4v) is 1.69. The van der Waals surface area contributed by atoms with Crippen LogP contribution in [0.2, 0.25) is 0 Å². The zero-order valence-electron chi connectivity index (χ0n) is 11.6. The van der Waals surface area contributed by atoms with Gasteiger partial charge in [-0.15, -0.1) is 0 Å². The summed E-state index contributed by atoms with van der Waals surface area (Å²) < 4.78 is 23.0. The minimum absolute atomic E-state index is 0.0952. The average Bonchev–Trinajstić information content (AvgIpc) is 2.52. The van der Waals surface area contributed by atoms with Gasteiger partial charge in [0.05, 0.1) is 7.11 Å². The van der Waals surface area contributed by atoms with Crippen molar-refractivity contribution in [3.8, 4) is 5.75 Å². The van der Waals surface area contributed by atoms with E-state index in [2.05, 4.69) is 10.1 Å². The van der Waals surface area contributed by atoms with Gasteiger partial charge in [-0.3, -0.25) is 4.79 Å². The lowest BCUT2D eigenvalue weighted by atomic mass is 10.2. The number of rotatable bonds is 6. The zero-order chi connectivity index (χ0) is 15.1. The summed E-state index contributed by atoms with van der Waals surface area (Å²) in [5.74, 6) is 0.0505. The molecule has 0 aliphatic carbocycles. The number of methoxy groups -OCH3 is 1. The highest BCUT2D eigenvalue weighted by Gasteiger charge is 2.02. The third kappa shape index (κ3) is 4.80. The van der Waals surface area contributed by atoms with Gasteiger partial charge in [-0.2, -0.15) is 0 Å². The first-order valence-corrected chi connectivity index (χ1v) is 6.45. The summed E-state index contributed by atoms with van der Waals surface area (Å²) in [6, 6.07) is 13.4. The molecule has 0 fully saturated rings. The van der Waals surface area contributed by atoms with Crippen LogP contribution in [0.4, 0.5) is 10.1 Å². The van der Waals surface area contributed by atoms with Crippen LogP contribution in [0.5, 0.6) is 5.75 Å². The highest BCUT2D eigenvalue weighted by Crippen LogP contribution is 2.18. The molecule has 0 radical (unpaired) electrons. The van der Waals surface area contributed by atoms with E-state index >= 15 is 0 Å². The number of hydrogen-bond acceptors (Lipinski definition) is 4. The lowest BCUT2D eigenvalue weighted by Crippen LogP contribution is -2.14. The first-order valence-electron chi connectivity index (χ1n) is 6.45. The van der Waals surface area contributed by atoms with Crippen molar-refractivity contribution in [2.75, 3.05) is 19.0 Å². The van der Waals surface area contributed by atoms with Crippen LogP contribution < -0.4 is 10.1 Å². The maximum Gasteiger partial charge on any atom is 0.325 e. The second-order valence-electron chi connectivity index (χ2n) is 4.37. The van der Waals surface area contributed by atoms with Crippen LogP contribution in [0.3, 0.4) is 0 Å². The molecule has 2 rings (SSSR count). The predicted molar refractivity (Wildman–Crippen MR) is 77.7 cm³/mol. The summed E-state index contributed by atoms with van der Waals surface area (Å²) >= 11 is 0. The van der Waals surface area contributed by atoms with Crippen molar-refractivity contribution in [1.82, 2.24) is 0 Å². The average molecular weight is 289 g/mol. The Balaban J connectivity index is 1.91. The van der Waals surface area contributed by atoms with Crippen LogP contribution >= 0.6 is 0 Å². The number of halogens is 1. The van der Waals surface area contributed by atoms with Gasteiger partial charge in [0.25, 0.3) is 0 Å². The van der Waals surface area contributed by atoms with Crippen molar-refractivity contribution in [2.24, 2.45) is 0 Å². The Labute approximate surface area is 122 Å². The van der Waals surface area contributed by atoms with E-state index in [4.69, 9.17) is 4.74 Å². The number of benzene rings is 2. The summed E-state index contributed by atoms with van der Waals surface area (Å²) in [6.45, 7) is 0.443. The van der Waals surface area contributed by atoms with Gasteiger partial charge in [-0.1, -0.05) is 18.2 Å². The van der Waals surface area contributed by atoms with Crippen molar-refractivity contribution >= 4 is 11.7 Å². The van der Waals surface area contributed by atoms with E-state index in [1.807, 2.05) is 18.2 Å². The third-order valence-corrected chi connectivity index (χ3v) is 2.82. The molecule has 0 atom stereocenters. The highest BCUT2D eigenvalue weighted by molar-refractivity contribution is 5.74. The van der Waals surface area contributed by atoms with Crippen LogP contribution in [0.1, 0.15) is 5.56 Å². The number of ether oxygens (including phenoxy) is 2. The molecule has 110 valence electrons. The lowest BCUT2D eigenvalue weighted by molar-refractivity contribution is -0.138. The molecule has 0 saturated heterocycles. The topological polar surface area (TPSA) is 47.6 Å². The molecule has 0 aliphatic heterocycles. The summed E-state index contributed by atoms with van der Waals surface area (Å²) in [4.78, 5) is 11.1. The third-order valence-electron chi connectivity index (χ3n) is 2.82. The van der Waals surface area contributed by atoms with Crippen LogP contribution in [-0.2, 0) is 16.1 Å². The Hall–Kier alpha value is -2.56. The molecule has 4 nitrogen and oxygen atoms in total. The second-order valence-corrected chi connectivity index (χ2v) is 4.37. The summed E-state index contributed by atoms with van der Waals surface area (Å²) in [6.07, 6.45) is 0. The Morgan fingerprint density at radius 2 is 1.95 bits per heavy atom. The van der Waals surface area contributed by atoms with Gasteiger partial charge < -0.3 is 14.8 Å². The summed E-state index contributed by atoms with van der Waals surface area (Å²) in [5.41, 5.74) is 1.64. The minimum atomic E-state index is -0.340. The Bertz CT molecular complexity index is 599. The number of nitrogens with one attached hydrogen (secondary N) is 1. The molecule has 5 heteroatoms. The van der Waals surface area contributed by atoms with Gasteiger partial charge in [-0.25, -0.2) is 4.39 Å². The SMILES string of the molecule is COC(=O)CNc1cccc(OCc2ccc(F)cc2)c1. The van der Waals surface area contributed by atoms with Crippen molar-refractivity contribution in [3.63, 3.8) is 0 Å². The maximum absolute atomic E-state index is 12.8. The molecule has 0 amide bonds. The molecule has 0 saturated carbocycles. The van der Waals surface area contributed by atoms with E-state index in [0.29, 0.717) is 12.4 Å². The predicted octanol–water partition coefficient (Wildman–Crippen LogP) is 2.99. The standard InChI is InChI=1S/C16H16FNO3/c1-20-16(19)10-18-14-3-2-4-15(9-14)21-11-12-5-7-13(17)8-6-12/h2-9,18H,10-11H2,1H3. The van der Waals surface area contributed by atoms with Crippen molar-refractivity contribution < 1.29 is 18.7 Å². The monoisotopic (exact) mass is 289 g/mol. The number of anilines is 1. The van der Waals surface area contributed by atoms with Gasteiger partial charge in [0, 0.05) is 11.8 Å². The van der Waals surface area contributed by atoms with Gasteiger partial charge in [0.2, 0.25) is 0 Å². The van der Waals surface area contributed by atoms with Crippen LogP contribution in [0, 0.1) is 5.82 Å². The molecule has 0 aromatic heterocycles. The van der Waals surface area contributed by atoms with E-state index in [1.54, 1.807) is 18.2 Å². The Kier molecular flexibility index (Phi) is 5.15. The van der Waals surface area contributed by atoms with E-state index in [0.717, 1.165) is 11.3 Å². The van der Waals surface area contributed by atoms with Crippen molar-refractivity contribution in [1.29, 1.82) is 0 Å². The van der Waals surface area contributed by atoms with E-state index in [-0.39, 0.29) is 18.3 Å². The maximum atomic E-state index is 12.8. The van der Waals surface area contributed by atoms with Gasteiger partial charge >= 0.3 is 5.97 Å². The number of esters is 1. The molecule has 0 unspecified atom stereocenters. The van der Waals surface area contributed by atoms with Gasteiger partial charge in [0.1, 0.15) is 24.7 Å². The lowest BCUT2D eigenvalue weighted by Gasteiger charge is -2.09. The highest BCUT2D eigenvalue weighted by atomic mass is 19.1. The molecule has 0 aliphatic rings. The molecule has 1 N–H and O–H groups in total. The Morgan fingerprint density at radius 3 is 2.67 bits per heavy atom. The second kappa shape index (κ2) is 7.28. The molecule has 21 heavy (non-hydrogen) atoms. The first kappa shape index (κ1) is 14.8. The minimum Gasteiger partial charge on any atom is -0.489 e. The number of hydrogen-bond donors (Lipinski definition) is 1. The van der Waals surface area contributed by atoms with Crippen LogP contribution in [0.25, 0.3) is 0 Å². The van der Waals surface area contributed by atoms with Gasteiger partial charge in [-0.05, 0) is 29.8 Å². The first-order chi connectivity index (χ1) is 10.2. The molecule has 0 bridgehead atoms. The van der Waals surface area contributed by atoms with E-state index < -0.39 is 0 Å². The molecular formula is C16H16FNO3. The fourth-order valence-electron chi connectivity index (χ4n) is 1.69. The normalized spacial score (nSPS) is 10.0. The molecule has 2 aromatic carbocycles. The molecule has 0 spiro atoms. The quantitative estimate of drug-likeness (QED) is 0.831. The van der Waals surface area contributed by atoms with Crippen LogP contribution in [0.15, 0.2) is 48.5 Å². The summed E-state index contributed by atoms with van der Waals surface area (Å²) in [5, 5.41) is 2.94. The molecular weight excluding hydrogens is 273 g/mol. The van der Waals surface area contributed by atoms with Crippen molar-refractivity contribution in [3.05, 3.63) is 59.9 Å². The number of carbonyl (C=O) groups is 1. The zero-order valence-corrected chi connectivity index (χ0v) is 11.6. The van der Waals surface area contributed by atoms with E-state index in [1.165, 1.54) is 19.2 Å². The molecule has 0 heterocycles. The van der Waals surface area contributed by atoms with Gasteiger partial charge in [0.15, 0.2) is 0 Å². The summed E-state index contributed by atoms with van der Waals surface area (Å²) in [7, 11) is 1.34. The smallest absolute Gasteiger partial charge is 0.325 e. The van der Waals surface area contributed by atoms with E-state index in [9.17, 15) is 9.18 Å². The van der Waals surface area contributed by atoms with Crippen molar-refractivity contribution in [2.45, 2.75) is 6.61 Å². The molecule has 2 aromatic rings.